The number of rotatable bonds is 10. The first-order valence-electron chi connectivity index (χ1n) is 12.4. The molecule has 4 rings (SSSR count). The molecule has 190 valence electrons. The normalized spacial score (nSPS) is 17.6. The maximum Gasteiger partial charge on any atom is 0.166 e. The van der Waals surface area contributed by atoms with Crippen LogP contribution in [0.3, 0.4) is 0 Å². The molecule has 1 aliphatic carbocycles. The van der Waals surface area contributed by atoms with E-state index in [-0.39, 0.29) is 18.0 Å². The summed E-state index contributed by atoms with van der Waals surface area (Å²) in [7, 11) is 3.10. The first-order valence-corrected chi connectivity index (χ1v) is 12.8. The highest BCUT2D eigenvalue weighted by Crippen LogP contribution is 2.37. The number of ketones is 1. The lowest BCUT2D eigenvalue weighted by Gasteiger charge is -2.25. The van der Waals surface area contributed by atoms with E-state index in [0.717, 1.165) is 24.3 Å². The van der Waals surface area contributed by atoms with Gasteiger partial charge in [-0.05, 0) is 54.5 Å². The van der Waals surface area contributed by atoms with Crippen molar-refractivity contribution in [1.82, 2.24) is 4.98 Å². The lowest BCUT2D eigenvalue weighted by molar-refractivity contribution is -0.119. The second-order valence-electron chi connectivity index (χ2n) is 9.66. The van der Waals surface area contributed by atoms with E-state index in [1.165, 1.54) is 18.9 Å². The largest absolute Gasteiger partial charge is 0.493 e. The van der Waals surface area contributed by atoms with Crippen LogP contribution in [-0.2, 0) is 11.2 Å². The molecule has 2 aromatic carbocycles. The molecule has 1 heterocycles. The van der Waals surface area contributed by atoms with Crippen molar-refractivity contribution >= 4 is 33.8 Å². The molecular formula is C29H32FNO4S. The van der Waals surface area contributed by atoms with Gasteiger partial charge in [0.25, 0.3) is 0 Å². The molecule has 7 heteroatoms. The van der Waals surface area contributed by atoms with Gasteiger partial charge in [0, 0.05) is 41.8 Å². The van der Waals surface area contributed by atoms with Crippen LogP contribution in [0, 0.1) is 17.7 Å². The van der Waals surface area contributed by atoms with E-state index < -0.39 is 5.82 Å². The molecular weight excluding hydrogens is 477 g/mol. The Hall–Kier alpha value is -3.06. The van der Waals surface area contributed by atoms with Crippen LogP contribution in [0.2, 0.25) is 0 Å². The standard InChI is InChI=1S/C29H32FNO4S/c1-18-4-6-19(7-5-18)12-21(32)15-22(36)13-20-8-9-27(24(30)14-20)35-26-10-11-31-25-17-29(34-3)28(33-2)16-23(25)26/h8-11,14,16-19H,4-7,12-13,15H2,1-3H3. The molecule has 0 radical (unpaired) electrons. The van der Waals surface area contributed by atoms with Gasteiger partial charge in [-0.2, -0.15) is 0 Å². The number of methoxy groups -OCH3 is 2. The van der Waals surface area contributed by atoms with Gasteiger partial charge in [-0.15, -0.1) is 0 Å². The molecule has 1 fully saturated rings. The number of aromatic nitrogens is 1. The van der Waals surface area contributed by atoms with Gasteiger partial charge in [0.15, 0.2) is 23.1 Å². The van der Waals surface area contributed by atoms with E-state index in [0.29, 0.717) is 51.8 Å². The van der Waals surface area contributed by atoms with Crippen LogP contribution in [0.4, 0.5) is 4.39 Å². The average Bonchev–Trinajstić information content (AvgIpc) is 2.86. The van der Waals surface area contributed by atoms with E-state index in [2.05, 4.69) is 11.9 Å². The highest BCUT2D eigenvalue weighted by molar-refractivity contribution is 7.80. The van der Waals surface area contributed by atoms with Crippen molar-refractivity contribution in [2.45, 2.75) is 51.9 Å². The monoisotopic (exact) mass is 509 g/mol. The number of Topliss-reactive ketones (excluding diaryl/α,β-unsaturated/α-hetero) is 1. The van der Waals surface area contributed by atoms with E-state index >= 15 is 0 Å². The van der Waals surface area contributed by atoms with Gasteiger partial charge < -0.3 is 14.2 Å². The summed E-state index contributed by atoms with van der Waals surface area (Å²) in [5.41, 5.74) is 1.36. The van der Waals surface area contributed by atoms with Crippen LogP contribution >= 0.6 is 12.2 Å². The SMILES string of the molecule is COc1cc2nccc(Oc3ccc(CC(=S)CC(=O)CC4CCC(C)CC4)cc3F)c2cc1OC. The summed E-state index contributed by atoms with van der Waals surface area (Å²) in [4.78, 5) is 17.5. The fourth-order valence-electron chi connectivity index (χ4n) is 4.83. The molecule has 3 aromatic rings. The van der Waals surface area contributed by atoms with Crippen LogP contribution in [-0.4, -0.2) is 29.9 Å². The van der Waals surface area contributed by atoms with Gasteiger partial charge in [0.2, 0.25) is 0 Å². The molecule has 1 aliphatic rings. The molecule has 5 nitrogen and oxygen atoms in total. The van der Waals surface area contributed by atoms with Gasteiger partial charge in [0.1, 0.15) is 11.5 Å². The molecule has 0 atom stereocenters. The van der Waals surface area contributed by atoms with Gasteiger partial charge >= 0.3 is 0 Å². The molecule has 0 aliphatic heterocycles. The van der Waals surface area contributed by atoms with Crippen molar-refractivity contribution in [3.05, 3.63) is 54.0 Å². The van der Waals surface area contributed by atoms with Crippen molar-refractivity contribution in [2.75, 3.05) is 14.2 Å². The van der Waals surface area contributed by atoms with Crippen LogP contribution < -0.4 is 14.2 Å². The second-order valence-corrected chi connectivity index (χ2v) is 10.2. The number of pyridine rings is 1. The molecule has 1 aromatic heterocycles. The molecule has 0 N–H and O–H groups in total. The quantitative estimate of drug-likeness (QED) is 0.268. The lowest BCUT2D eigenvalue weighted by atomic mass is 9.80. The molecule has 0 amide bonds. The Balaban J connectivity index is 1.40. The Morgan fingerprint density at radius 2 is 1.72 bits per heavy atom. The second kappa shape index (κ2) is 11.8. The van der Waals surface area contributed by atoms with Crippen LogP contribution in [0.15, 0.2) is 42.6 Å². The summed E-state index contributed by atoms with van der Waals surface area (Å²) in [6.45, 7) is 2.27. The van der Waals surface area contributed by atoms with Gasteiger partial charge in [-0.25, -0.2) is 4.39 Å². The van der Waals surface area contributed by atoms with E-state index in [4.69, 9.17) is 26.4 Å². The summed E-state index contributed by atoms with van der Waals surface area (Å²) >= 11 is 5.47. The topological polar surface area (TPSA) is 57.7 Å². The number of hydrogen-bond donors (Lipinski definition) is 0. The van der Waals surface area contributed by atoms with E-state index in [1.807, 2.05) is 0 Å². The third-order valence-electron chi connectivity index (χ3n) is 6.87. The number of fused-ring (bicyclic) bond motifs is 1. The Morgan fingerprint density at radius 1 is 1.00 bits per heavy atom. The number of benzene rings is 2. The zero-order chi connectivity index (χ0) is 25.7. The summed E-state index contributed by atoms with van der Waals surface area (Å²) in [5.74, 6) is 2.56. The van der Waals surface area contributed by atoms with Crippen LogP contribution in [0.1, 0.15) is 51.0 Å². The van der Waals surface area contributed by atoms with Crippen molar-refractivity contribution in [3.63, 3.8) is 0 Å². The Morgan fingerprint density at radius 3 is 2.42 bits per heavy atom. The fraction of sp³-hybridized carbons (Fsp3) is 0.414. The highest BCUT2D eigenvalue weighted by Gasteiger charge is 2.21. The number of carbonyl (C=O) groups excluding carboxylic acids is 1. The number of carbonyl (C=O) groups is 1. The third kappa shape index (κ3) is 6.38. The summed E-state index contributed by atoms with van der Waals surface area (Å²) in [6, 6.07) is 9.97. The van der Waals surface area contributed by atoms with E-state index in [9.17, 15) is 9.18 Å². The van der Waals surface area contributed by atoms with E-state index in [1.54, 1.807) is 50.7 Å². The van der Waals surface area contributed by atoms with Crippen LogP contribution in [0.25, 0.3) is 10.9 Å². The minimum absolute atomic E-state index is 0.0922. The predicted octanol–water partition coefficient (Wildman–Crippen LogP) is 7.27. The molecule has 36 heavy (non-hydrogen) atoms. The summed E-state index contributed by atoms with van der Waals surface area (Å²) < 4.78 is 31.6. The predicted molar refractivity (Wildman–Crippen MR) is 143 cm³/mol. The molecule has 0 unspecified atom stereocenters. The molecule has 0 saturated heterocycles. The number of nitrogens with zero attached hydrogens (tertiary/aromatic N) is 1. The lowest BCUT2D eigenvalue weighted by Crippen LogP contribution is -2.17. The maximum atomic E-state index is 15.0. The third-order valence-corrected chi connectivity index (χ3v) is 7.16. The average molecular weight is 510 g/mol. The van der Waals surface area contributed by atoms with Gasteiger partial charge in [-0.3, -0.25) is 9.78 Å². The summed E-state index contributed by atoms with van der Waals surface area (Å²) in [5, 5.41) is 0.672. The summed E-state index contributed by atoms with van der Waals surface area (Å²) in [6.07, 6.45) is 7.51. The molecule has 1 saturated carbocycles. The van der Waals surface area contributed by atoms with Gasteiger partial charge in [0.05, 0.1) is 19.7 Å². The zero-order valence-corrected chi connectivity index (χ0v) is 21.8. The van der Waals surface area contributed by atoms with Crippen LogP contribution in [0.5, 0.6) is 23.0 Å². The number of halogens is 1. The minimum Gasteiger partial charge on any atom is -0.493 e. The highest BCUT2D eigenvalue weighted by atomic mass is 32.1. The maximum absolute atomic E-state index is 15.0. The number of thiocarbonyl (C=S) groups is 1. The van der Waals surface area contributed by atoms with Crippen molar-refractivity contribution in [1.29, 1.82) is 0 Å². The first kappa shape index (κ1) is 26.0. The zero-order valence-electron chi connectivity index (χ0n) is 21.0. The minimum atomic E-state index is -0.497. The van der Waals surface area contributed by atoms with Crippen molar-refractivity contribution in [3.8, 4) is 23.0 Å². The Kier molecular flexibility index (Phi) is 8.52. The number of ether oxygens (including phenoxy) is 3. The van der Waals surface area contributed by atoms with Crippen molar-refractivity contribution in [2.24, 2.45) is 11.8 Å². The molecule has 0 bridgehead atoms. The Bertz CT molecular complexity index is 1250. The van der Waals surface area contributed by atoms with Gasteiger partial charge in [-0.1, -0.05) is 38.0 Å². The first-order chi connectivity index (χ1) is 17.4. The Labute approximate surface area is 217 Å². The smallest absolute Gasteiger partial charge is 0.166 e. The molecule has 0 spiro atoms. The fourth-order valence-corrected chi connectivity index (χ4v) is 5.16. The van der Waals surface area contributed by atoms with Crippen molar-refractivity contribution < 1.29 is 23.4 Å². The number of hydrogen-bond acceptors (Lipinski definition) is 6.